The fourth-order valence-electron chi connectivity index (χ4n) is 1.84. The molecule has 2 amide bonds. The zero-order valence-electron chi connectivity index (χ0n) is 12.3. The molecule has 0 aliphatic carbocycles. The summed E-state index contributed by atoms with van der Waals surface area (Å²) in [5, 5.41) is 6.41. The second kappa shape index (κ2) is 7.81. The Morgan fingerprint density at radius 2 is 1.57 bits per heavy atom. The van der Waals surface area contributed by atoms with Gasteiger partial charge in [0.1, 0.15) is 0 Å². The van der Waals surface area contributed by atoms with Crippen LogP contribution < -0.4 is 10.6 Å². The summed E-state index contributed by atoms with van der Waals surface area (Å²) in [6, 6.07) is 11.9. The van der Waals surface area contributed by atoms with Gasteiger partial charge in [0.2, 0.25) is 11.8 Å². The molecule has 0 atom stereocenters. The van der Waals surface area contributed by atoms with Crippen LogP contribution in [0.4, 0.5) is 11.4 Å². The van der Waals surface area contributed by atoms with Crippen molar-refractivity contribution in [3.8, 4) is 0 Å². The molecule has 0 unspecified atom stereocenters. The Kier molecular flexibility index (Phi) is 5.79. The molecule has 23 heavy (non-hydrogen) atoms. The minimum Gasteiger partial charge on any atom is -0.325 e. The summed E-state index contributed by atoms with van der Waals surface area (Å²) in [5.74, 6) is -0.576. The molecule has 2 aromatic rings. The van der Waals surface area contributed by atoms with E-state index in [1.54, 1.807) is 48.5 Å². The van der Waals surface area contributed by atoms with Crippen LogP contribution in [0.25, 0.3) is 6.08 Å². The molecule has 0 bridgehead atoms. The number of benzene rings is 2. The van der Waals surface area contributed by atoms with Crippen molar-refractivity contribution in [3.63, 3.8) is 0 Å². The van der Waals surface area contributed by atoms with Crippen LogP contribution >= 0.6 is 23.2 Å². The van der Waals surface area contributed by atoms with Crippen LogP contribution in [0.2, 0.25) is 10.0 Å². The maximum absolute atomic E-state index is 12.0. The molecule has 0 aliphatic heterocycles. The molecule has 0 saturated heterocycles. The van der Waals surface area contributed by atoms with E-state index in [1.807, 2.05) is 0 Å². The van der Waals surface area contributed by atoms with E-state index in [1.165, 1.54) is 13.0 Å². The van der Waals surface area contributed by atoms with Crippen LogP contribution in [-0.4, -0.2) is 11.8 Å². The first-order valence-corrected chi connectivity index (χ1v) is 7.51. The summed E-state index contributed by atoms with van der Waals surface area (Å²) >= 11 is 11.7. The van der Waals surface area contributed by atoms with Crippen molar-refractivity contribution in [2.75, 3.05) is 10.6 Å². The van der Waals surface area contributed by atoms with Crippen LogP contribution in [0.5, 0.6) is 0 Å². The lowest BCUT2D eigenvalue weighted by Crippen LogP contribution is -2.13. The molecule has 0 aliphatic rings. The number of hydrogen-bond acceptors (Lipinski definition) is 2. The van der Waals surface area contributed by atoms with E-state index >= 15 is 0 Å². The lowest BCUT2D eigenvalue weighted by Gasteiger charge is -2.10. The third-order valence-corrected chi connectivity index (χ3v) is 3.33. The smallest absolute Gasteiger partial charge is 0.248 e. The molecule has 6 heteroatoms. The first-order valence-electron chi connectivity index (χ1n) is 6.76. The number of carbonyl (C=O) groups is 2. The minimum absolute atomic E-state index is 0.237. The molecular weight excluding hydrogens is 335 g/mol. The van der Waals surface area contributed by atoms with Gasteiger partial charge in [0.15, 0.2) is 0 Å². The van der Waals surface area contributed by atoms with E-state index in [0.717, 1.165) is 5.56 Å². The highest BCUT2D eigenvalue weighted by atomic mass is 35.5. The summed E-state index contributed by atoms with van der Waals surface area (Å²) in [5.41, 5.74) is 1.76. The predicted octanol–water partition coefficient (Wildman–Crippen LogP) is 4.60. The van der Waals surface area contributed by atoms with Crippen molar-refractivity contribution in [2.45, 2.75) is 6.92 Å². The number of halogens is 2. The maximum Gasteiger partial charge on any atom is 0.248 e. The van der Waals surface area contributed by atoms with Gasteiger partial charge in [-0.3, -0.25) is 9.59 Å². The maximum atomic E-state index is 12.0. The molecule has 118 valence electrons. The molecule has 2 N–H and O–H groups in total. The van der Waals surface area contributed by atoms with Gasteiger partial charge < -0.3 is 10.6 Å². The van der Waals surface area contributed by atoms with Crippen LogP contribution in [0.15, 0.2) is 48.5 Å². The fraction of sp³-hybridized carbons (Fsp3) is 0.0588. The second-order valence-electron chi connectivity index (χ2n) is 4.75. The van der Waals surface area contributed by atoms with E-state index in [9.17, 15) is 9.59 Å². The van der Waals surface area contributed by atoms with Crippen molar-refractivity contribution in [2.24, 2.45) is 0 Å². The molecule has 2 rings (SSSR count). The first kappa shape index (κ1) is 17.1. The minimum atomic E-state index is -0.339. The lowest BCUT2D eigenvalue weighted by molar-refractivity contribution is -0.114. The normalized spacial score (nSPS) is 10.6. The Bertz CT molecular complexity index is 756. The average Bonchev–Trinajstić information content (AvgIpc) is 2.49. The van der Waals surface area contributed by atoms with Crippen LogP contribution in [0, 0.1) is 0 Å². The van der Waals surface area contributed by atoms with Crippen molar-refractivity contribution in [1.29, 1.82) is 0 Å². The van der Waals surface area contributed by atoms with Crippen LogP contribution in [0.3, 0.4) is 0 Å². The summed E-state index contributed by atoms with van der Waals surface area (Å²) < 4.78 is 0. The van der Waals surface area contributed by atoms with Gasteiger partial charge in [-0.25, -0.2) is 0 Å². The molecule has 0 fully saturated rings. The Morgan fingerprint density at radius 3 is 2.22 bits per heavy atom. The third-order valence-electron chi connectivity index (χ3n) is 2.85. The molecule has 0 saturated carbocycles. The van der Waals surface area contributed by atoms with Crippen LogP contribution in [0.1, 0.15) is 12.5 Å². The largest absolute Gasteiger partial charge is 0.325 e. The monoisotopic (exact) mass is 348 g/mol. The van der Waals surface area contributed by atoms with E-state index in [0.29, 0.717) is 21.4 Å². The van der Waals surface area contributed by atoms with Gasteiger partial charge in [-0.1, -0.05) is 35.3 Å². The Hall–Kier alpha value is -2.30. The van der Waals surface area contributed by atoms with Gasteiger partial charge in [0, 0.05) is 23.0 Å². The molecule has 4 nitrogen and oxygen atoms in total. The standard InChI is InChI=1S/C17H14Cl2N2O2/c1-11(22)20-15-8-7-14(19)10-16(15)21-17(23)9-4-12-2-5-13(18)6-3-12/h2-10H,1H3,(H,20,22)(H,21,23)/b9-4+. The lowest BCUT2D eigenvalue weighted by atomic mass is 10.2. The number of hydrogen-bond donors (Lipinski definition) is 2. The summed E-state index contributed by atoms with van der Waals surface area (Å²) in [4.78, 5) is 23.2. The molecule has 0 heterocycles. The third kappa shape index (κ3) is 5.43. The highest BCUT2D eigenvalue weighted by molar-refractivity contribution is 6.31. The molecular formula is C17H14Cl2N2O2. The Labute approximate surface area is 144 Å². The quantitative estimate of drug-likeness (QED) is 0.793. The highest BCUT2D eigenvalue weighted by Crippen LogP contribution is 2.26. The SMILES string of the molecule is CC(=O)Nc1ccc(Cl)cc1NC(=O)/C=C/c1ccc(Cl)cc1. The van der Waals surface area contributed by atoms with Gasteiger partial charge in [0.05, 0.1) is 11.4 Å². The zero-order valence-corrected chi connectivity index (χ0v) is 13.8. The van der Waals surface area contributed by atoms with Crippen molar-refractivity contribution in [3.05, 3.63) is 64.1 Å². The molecule has 0 spiro atoms. The molecule has 0 radical (unpaired) electrons. The van der Waals surface area contributed by atoms with Gasteiger partial charge in [0.25, 0.3) is 0 Å². The van der Waals surface area contributed by atoms with Crippen molar-refractivity contribution >= 4 is 52.5 Å². The van der Waals surface area contributed by atoms with E-state index in [2.05, 4.69) is 10.6 Å². The zero-order chi connectivity index (χ0) is 16.8. The number of nitrogens with one attached hydrogen (secondary N) is 2. The highest BCUT2D eigenvalue weighted by Gasteiger charge is 2.07. The topological polar surface area (TPSA) is 58.2 Å². The Balaban J connectivity index is 2.11. The van der Waals surface area contributed by atoms with Gasteiger partial charge in [-0.2, -0.15) is 0 Å². The molecule has 2 aromatic carbocycles. The summed E-state index contributed by atoms with van der Waals surface area (Å²) in [7, 11) is 0. The van der Waals surface area contributed by atoms with Crippen molar-refractivity contribution < 1.29 is 9.59 Å². The average molecular weight is 349 g/mol. The predicted molar refractivity (Wildman–Crippen MR) is 94.9 cm³/mol. The van der Waals surface area contributed by atoms with E-state index < -0.39 is 0 Å². The van der Waals surface area contributed by atoms with E-state index in [-0.39, 0.29) is 11.8 Å². The number of rotatable bonds is 4. The Morgan fingerprint density at radius 1 is 0.913 bits per heavy atom. The van der Waals surface area contributed by atoms with E-state index in [4.69, 9.17) is 23.2 Å². The number of carbonyl (C=O) groups excluding carboxylic acids is 2. The van der Waals surface area contributed by atoms with Crippen LogP contribution in [-0.2, 0) is 9.59 Å². The first-order chi connectivity index (χ1) is 10.9. The van der Waals surface area contributed by atoms with Crippen molar-refractivity contribution in [1.82, 2.24) is 0 Å². The second-order valence-corrected chi connectivity index (χ2v) is 5.62. The summed E-state index contributed by atoms with van der Waals surface area (Å²) in [6.07, 6.45) is 3.05. The molecule has 0 aromatic heterocycles. The summed E-state index contributed by atoms with van der Waals surface area (Å²) in [6.45, 7) is 1.39. The fourth-order valence-corrected chi connectivity index (χ4v) is 2.14. The van der Waals surface area contributed by atoms with Gasteiger partial charge in [-0.15, -0.1) is 0 Å². The number of anilines is 2. The number of amides is 2. The van der Waals surface area contributed by atoms with Gasteiger partial charge >= 0.3 is 0 Å². The van der Waals surface area contributed by atoms with Gasteiger partial charge in [-0.05, 0) is 42.0 Å².